The number of rotatable bonds is 12. The zero-order valence-corrected chi connectivity index (χ0v) is 21.6. The van der Waals surface area contributed by atoms with E-state index in [0.29, 0.717) is 31.4 Å². The van der Waals surface area contributed by atoms with E-state index in [1.165, 1.54) is 0 Å². The number of ether oxygens (including phenoxy) is 2. The highest BCUT2D eigenvalue weighted by Crippen LogP contribution is 2.49. The fourth-order valence-corrected chi connectivity index (χ4v) is 5.17. The first-order chi connectivity index (χ1) is 18.5. The summed E-state index contributed by atoms with van der Waals surface area (Å²) >= 11 is 0. The second kappa shape index (κ2) is 11.9. The van der Waals surface area contributed by atoms with E-state index in [9.17, 15) is 8.78 Å². The van der Waals surface area contributed by atoms with Crippen molar-refractivity contribution in [3.63, 3.8) is 0 Å². The van der Waals surface area contributed by atoms with E-state index in [1.54, 1.807) is 0 Å². The molecule has 2 heterocycles. The molecule has 2 fully saturated rings. The third-order valence-corrected chi connectivity index (χ3v) is 7.50. The van der Waals surface area contributed by atoms with Crippen LogP contribution >= 0.6 is 0 Å². The Balaban J connectivity index is 1.39. The van der Waals surface area contributed by atoms with Gasteiger partial charge in [0.2, 0.25) is 0 Å². The molecule has 1 unspecified atom stereocenters. The third kappa shape index (κ3) is 5.89. The molecular formula is C29H35F3N4O2. The van der Waals surface area contributed by atoms with Gasteiger partial charge in [-0.1, -0.05) is 24.3 Å². The number of anilines is 1. The second-order valence-electron chi connectivity index (χ2n) is 10.1. The van der Waals surface area contributed by atoms with Crippen molar-refractivity contribution in [1.29, 1.82) is 0 Å². The van der Waals surface area contributed by atoms with Gasteiger partial charge >= 0.3 is 0 Å². The highest BCUT2D eigenvalue weighted by atomic mass is 19.1. The first-order valence-corrected chi connectivity index (χ1v) is 13.5. The Hall–Kier alpha value is -2.91. The molecular weight excluding hydrogens is 493 g/mol. The minimum atomic E-state index is -1.45. The summed E-state index contributed by atoms with van der Waals surface area (Å²) in [4.78, 5) is 11.6. The number of nitrogens with two attached hydrogens (primary N) is 1. The van der Waals surface area contributed by atoms with Crippen LogP contribution in [0.1, 0.15) is 61.0 Å². The summed E-state index contributed by atoms with van der Waals surface area (Å²) in [6.07, 6.45) is 3.17. The van der Waals surface area contributed by atoms with E-state index in [-0.39, 0.29) is 31.0 Å². The van der Waals surface area contributed by atoms with Gasteiger partial charge < -0.3 is 20.1 Å². The van der Waals surface area contributed by atoms with Gasteiger partial charge in [-0.25, -0.2) is 23.1 Å². The number of aromatic nitrogens is 2. The predicted octanol–water partition coefficient (Wildman–Crippen LogP) is 5.70. The van der Waals surface area contributed by atoms with Crippen molar-refractivity contribution in [2.75, 3.05) is 51.2 Å². The molecule has 0 spiro atoms. The summed E-state index contributed by atoms with van der Waals surface area (Å²) in [7, 11) is 0. The van der Waals surface area contributed by atoms with E-state index in [0.717, 1.165) is 54.0 Å². The number of para-hydroxylation sites is 1. The largest absolute Gasteiger partial charge is 0.491 e. The number of hydrogen-bond acceptors (Lipinski definition) is 6. The molecule has 5 rings (SSSR count). The summed E-state index contributed by atoms with van der Waals surface area (Å²) in [5, 5.41) is 0.848. The Morgan fingerprint density at radius 2 is 1.76 bits per heavy atom. The molecule has 1 aliphatic carbocycles. The van der Waals surface area contributed by atoms with Crippen LogP contribution in [0.4, 0.5) is 19.0 Å². The number of nitrogens with zero attached hydrogens (tertiary/aromatic N) is 3. The lowest BCUT2D eigenvalue weighted by Gasteiger charge is -2.34. The van der Waals surface area contributed by atoms with Crippen LogP contribution in [-0.4, -0.2) is 56.2 Å². The molecule has 1 aromatic heterocycles. The van der Waals surface area contributed by atoms with Crippen LogP contribution in [0.2, 0.25) is 0 Å². The molecule has 0 bridgehead atoms. The second-order valence-corrected chi connectivity index (χ2v) is 10.1. The maximum absolute atomic E-state index is 15.1. The Morgan fingerprint density at radius 1 is 1.00 bits per heavy atom. The average Bonchev–Trinajstić information content (AvgIpc) is 3.72. The van der Waals surface area contributed by atoms with Crippen LogP contribution in [0, 0.1) is 0 Å². The van der Waals surface area contributed by atoms with Gasteiger partial charge in [0.05, 0.1) is 12.1 Å². The van der Waals surface area contributed by atoms with Crippen LogP contribution in [-0.2, 0) is 10.4 Å². The summed E-state index contributed by atoms with van der Waals surface area (Å²) in [5.74, 6) is 2.00. The number of benzene rings is 2. The highest BCUT2D eigenvalue weighted by molar-refractivity contribution is 5.90. The van der Waals surface area contributed by atoms with Gasteiger partial charge in [-0.2, -0.15) is 0 Å². The van der Waals surface area contributed by atoms with Crippen molar-refractivity contribution in [3.8, 4) is 5.75 Å². The van der Waals surface area contributed by atoms with Crippen molar-refractivity contribution in [2.24, 2.45) is 5.73 Å². The van der Waals surface area contributed by atoms with Crippen LogP contribution < -0.4 is 15.4 Å². The maximum atomic E-state index is 15.1. The lowest BCUT2D eigenvalue weighted by atomic mass is 9.88. The zero-order valence-electron chi connectivity index (χ0n) is 21.6. The van der Waals surface area contributed by atoms with E-state index >= 15 is 4.39 Å². The van der Waals surface area contributed by atoms with Gasteiger partial charge in [0, 0.05) is 31.1 Å². The van der Waals surface area contributed by atoms with Gasteiger partial charge in [0.25, 0.3) is 0 Å². The molecule has 1 atom stereocenters. The minimum Gasteiger partial charge on any atom is -0.491 e. The molecule has 2 aromatic carbocycles. The molecule has 1 saturated carbocycles. The molecule has 204 valence electrons. The summed E-state index contributed by atoms with van der Waals surface area (Å²) < 4.78 is 51.1. The molecule has 3 aromatic rings. The normalized spacial score (nSPS) is 18.1. The molecule has 2 N–H and O–H groups in total. The number of halogens is 3. The minimum absolute atomic E-state index is 0.0446. The predicted molar refractivity (Wildman–Crippen MR) is 142 cm³/mol. The van der Waals surface area contributed by atoms with Crippen molar-refractivity contribution >= 4 is 16.7 Å². The first kappa shape index (κ1) is 26.7. The fraction of sp³-hybridized carbons (Fsp3) is 0.517. The van der Waals surface area contributed by atoms with Crippen LogP contribution in [0.25, 0.3) is 10.9 Å². The smallest absolute Gasteiger partial charge is 0.170 e. The Labute approximate surface area is 221 Å². The number of fused-ring (bicyclic) bond motifs is 1. The lowest BCUT2D eigenvalue weighted by molar-refractivity contribution is 0.113. The quantitative estimate of drug-likeness (QED) is 0.304. The third-order valence-electron chi connectivity index (χ3n) is 7.50. The molecule has 38 heavy (non-hydrogen) atoms. The van der Waals surface area contributed by atoms with Crippen molar-refractivity contribution in [3.05, 3.63) is 59.4 Å². The zero-order chi connectivity index (χ0) is 26.5. The fourth-order valence-electron chi connectivity index (χ4n) is 5.17. The Kier molecular flexibility index (Phi) is 8.33. The standard InChI is InChI=1S/C29H35F3N4O2/c30-12-17-37-16-9-24(33)21-5-6-25-23(19-21)27(35-28(34-25)29(32)10-11-29)36-14-7-20(8-15-36)22-3-1-2-4-26(22)38-18-13-31/h1-6,19-20,24H,7-18,33H2. The molecule has 2 aliphatic rings. The number of piperidine rings is 1. The lowest BCUT2D eigenvalue weighted by Crippen LogP contribution is -2.34. The number of alkyl halides is 3. The Bertz CT molecular complexity index is 1230. The molecule has 0 radical (unpaired) electrons. The molecule has 1 saturated heterocycles. The van der Waals surface area contributed by atoms with Gasteiger partial charge in [-0.05, 0) is 67.3 Å². The van der Waals surface area contributed by atoms with Crippen LogP contribution in [0.15, 0.2) is 42.5 Å². The van der Waals surface area contributed by atoms with Crippen LogP contribution in [0.5, 0.6) is 5.75 Å². The van der Waals surface area contributed by atoms with Crippen LogP contribution in [0.3, 0.4) is 0 Å². The molecule has 1 aliphatic heterocycles. The van der Waals surface area contributed by atoms with Gasteiger partial charge in [0.1, 0.15) is 31.5 Å². The average molecular weight is 529 g/mol. The summed E-state index contributed by atoms with van der Waals surface area (Å²) in [6.45, 7) is 0.918. The monoisotopic (exact) mass is 528 g/mol. The summed E-state index contributed by atoms with van der Waals surface area (Å²) in [6, 6.07) is 13.4. The van der Waals surface area contributed by atoms with Gasteiger partial charge in [-0.3, -0.25) is 0 Å². The molecule has 0 amide bonds. The Morgan fingerprint density at radius 3 is 2.50 bits per heavy atom. The van der Waals surface area contributed by atoms with Crippen molar-refractivity contribution in [2.45, 2.75) is 49.7 Å². The maximum Gasteiger partial charge on any atom is 0.170 e. The molecule has 6 nitrogen and oxygen atoms in total. The van der Waals surface area contributed by atoms with Crippen molar-refractivity contribution < 1.29 is 22.6 Å². The first-order valence-electron chi connectivity index (χ1n) is 13.5. The number of hydrogen-bond donors (Lipinski definition) is 1. The van der Waals surface area contributed by atoms with E-state index in [1.807, 2.05) is 36.4 Å². The van der Waals surface area contributed by atoms with Crippen molar-refractivity contribution in [1.82, 2.24) is 9.97 Å². The summed E-state index contributed by atoms with van der Waals surface area (Å²) in [5.41, 5.74) is 7.67. The van der Waals surface area contributed by atoms with E-state index < -0.39 is 19.0 Å². The topological polar surface area (TPSA) is 73.5 Å². The van der Waals surface area contributed by atoms with E-state index in [4.69, 9.17) is 20.2 Å². The SMILES string of the molecule is NC(CCOCCF)c1ccc2nc(C3(F)CC3)nc(N3CCC(c4ccccc4OCCF)CC3)c2c1. The van der Waals surface area contributed by atoms with Gasteiger partial charge in [0.15, 0.2) is 11.5 Å². The van der Waals surface area contributed by atoms with Gasteiger partial charge in [-0.15, -0.1) is 0 Å². The molecule has 9 heteroatoms. The highest BCUT2D eigenvalue weighted by Gasteiger charge is 2.48. The van der Waals surface area contributed by atoms with E-state index in [2.05, 4.69) is 16.0 Å².